The van der Waals surface area contributed by atoms with Gasteiger partial charge in [0.1, 0.15) is 17.3 Å². The summed E-state index contributed by atoms with van der Waals surface area (Å²) in [6, 6.07) is 7.80. The van der Waals surface area contributed by atoms with Crippen molar-refractivity contribution in [3.05, 3.63) is 46.9 Å². The number of nitrogens with one attached hydrogen (secondary N) is 1. The number of likely N-dealkylation sites (N-methyl/N-ethyl adjacent to an activating group) is 1. The maximum atomic E-state index is 12.7. The summed E-state index contributed by atoms with van der Waals surface area (Å²) in [5, 5.41) is 2.96. The van der Waals surface area contributed by atoms with Gasteiger partial charge in [-0.25, -0.2) is 9.97 Å². The van der Waals surface area contributed by atoms with Crippen molar-refractivity contribution in [3.8, 4) is 0 Å². The van der Waals surface area contributed by atoms with Crippen LogP contribution in [0.25, 0.3) is 0 Å². The molecule has 0 aliphatic carbocycles. The van der Waals surface area contributed by atoms with Gasteiger partial charge in [-0.05, 0) is 50.6 Å². The Morgan fingerprint density at radius 2 is 1.65 bits per heavy atom. The molecule has 1 aromatic carbocycles. The summed E-state index contributed by atoms with van der Waals surface area (Å²) >= 11 is 0. The monoisotopic (exact) mass is 353 g/mol. The van der Waals surface area contributed by atoms with Gasteiger partial charge >= 0.3 is 0 Å². The van der Waals surface area contributed by atoms with Crippen LogP contribution in [0, 0.1) is 20.8 Å². The van der Waals surface area contributed by atoms with Crippen LogP contribution in [-0.2, 0) is 0 Å². The molecule has 6 nitrogen and oxygen atoms in total. The van der Waals surface area contributed by atoms with Crippen LogP contribution in [0.4, 0.5) is 11.5 Å². The predicted octanol–water partition coefficient (Wildman–Crippen LogP) is 2.80. The van der Waals surface area contributed by atoms with E-state index in [0.717, 1.165) is 55.4 Å². The molecule has 1 fully saturated rings. The smallest absolute Gasteiger partial charge is 0.274 e. The SMILES string of the molecule is CCN1CCN(c2cc(C(=O)Nc3cc(C)cc(C)c3)nc(C)n2)CC1. The Balaban J connectivity index is 1.77. The summed E-state index contributed by atoms with van der Waals surface area (Å²) in [4.78, 5) is 26.2. The second-order valence-corrected chi connectivity index (χ2v) is 6.91. The molecular formula is C20H27N5O. The third kappa shape index (κ3) is 4.38. The van der Waals surface area contributed by atoms with E-state index in [1.165, 1.54) is 0 Å². The first-order chi connectivity index (χ1) is 12.4. The molecule has 1 N–H and O–H groups in total. The highest BCUT2D eigenvalue weighted by molar-refractivity contribution is 6.03. The van der Waals surface area contributed by atoms with Gasteiger partial charge in [0.15, 0.2) is 0 Å². The van der Waals surface area contributed by atoms with E-state index in [9.17, 15) is 4.79 Å². The minimum Gasteiger partial charge on any atom is -0.354 e. The predicted molar refractivity (Wildman–Crippen MR) is 105 cm³/mol. The first kappa shape index (κ1) is 18.3. The number of piperazine rings is 1. The fraction of sp³-hybridized carbons (Fsp3) is 0.450. The Kier molecular flexibility index (Phi) is 5.52. The maximum absolute atomic E-state index is 12.7. The molecule has 0 unspecified atom stereocenters. The molecule has 6 heteroatoms. The minimum atomic E-state index is -0.200. The molecule has 2 aromatic rings. The lowest BCUT2D eigenvalue weighted by atomic mass is 10.1. The lowest BCUT2D eigenvalue weighted by molar-refractivity contribution is 0.102. The summed E-state index contributed by atoms with van der Waals surface area (Å²) in [5.74, 6) is 1.25. The molecule has 2 heterocycles. The Bertz CT molecular complexity index is 777. The molecule has 0 spiro atoms. The Morgan fingerprint density at radius 3 is 2.27 bits per heavy atom. The Hall–Kier alpha value is -2.47. The summed E-state index contributed by atoms with van der Waals surface area (Å²) < 4.78 is 0. The number of aromatic nitrogens is 2. The van der Waals surface area contributed by atoms with E-state index in [4.69, 9.17) is 0 Å². The third-order valence-electron chi connectivity index (χ3n) is 4.68. The van der Waals surface area contributed by atoms with E-state index >= 15 is 0 Å². The standard InChI is InChI=1S/C20H27N5O/c1-5-24-6-8-25(9-7-24)19-13-18(21-16(4)22-19)20(26)23-17-11-14(2)10-15(3)12-17/h10-13H,5-9H2,1-4H3,(H,23,26). The molecule has 0 saturated carbocycles. The Labute approximate surface area is 155 Å². The number of carbonyl (C=O) groups is 1. The van der Waals surface area contributed by atoms with Gasteiger partial charge in [-0.2, -0.15) is 0 Å². The van der Waals surface area contributed by atoms with Crippen LogP contribution in [0.5, 0.6) is 0 Å². The van der Waals surface area contributed by atoms with E-state index in [2.05, 4.69) is 38.1 Å². The summed E-state index contributed by atoms with van der Waals surface area (Å²) in [6.45, 7) is 13.0. The van der Waals surface area contributed by atoms with Gasteiger partial charge in [-0.15, -0.1) is 0 Å². The summed E-state index contributed by atoms with van der Waals surface area (Å²) in [6.07, 6.45) is 0. The number of hydrogen-bond donors (Lipinski definition) is 1. The van der Waals surface area contributed by atoms with Crippen LogP contribution in [0.15, 0.2) is 24.3 Å². The molecular weight excluding hydrogens is 326 g/mol. The van der Waals surface area contributed by atoms with Gasteiger partial charge in [-0.1, -0.05) is 13.0 Å². The van der Waals surface area contributed by atoms with Crippen molar-refractivity contribution < 1.29 is 4.79 Å². The number of nitrogens with zero attached hydrogens (tertiary/aromatic N) is 4. The summed E-state index contributed by atoms with van der Waals surface area (Å²) in [5.41, 5.74) is 3.44. The molecule has 138 valence electrons. The number of rotatable bonds is 4. The average Bonchev–Trinajstić information content (AvgIpc) is 2.60. The highest BCUT2D eigenvalue weighted by Gasteiger charge is 2.19. The number of anilines is 2. The van der Waals surface area contributed by atoms with Gasteiger partial charge in [0.05, 0.1) is 0 Å². The topological polar surface area (TPSA) is 61.4 Å². The normalized spacial score (nSPS) is 15.2. The van der Waals surface area contributed by atoms with Crippen molar-refractivity contribution in [2.75, 3.05) is 42.9 Å². The second kappa shape index (κ2) is 7.83. The van der Waals surface area contributed by atoms with Crippen molar-refractivity contribution in [3.63, 3.8) is 0 Å². The van der Waals surface area contributed by atoms with Gasteiger partial charge in [0.2, 0.25) is 0 Å². The first-order valence-corrected chi connectivity index (χ1v) is 9.17. The van der Waals surface area contributed by atoms with Crippen LogP contribution in [0.3, 0.4) is 0 Å². The molecule has 0 radical (unpaired) electrons. The molecule has 1 aliphatic heterocycles. The molecule has 1 amide bonds. The van der Waals surface area contributed by atoms with Crippen molar-refractivity contribution in [1.82, 2.24) is 14.9 Å². The molecule has 0 atom stereocenters. The zero-order valence-electron chi connectivity index (χ0n) is 16.0. The molecule has 0 bridgehead atoms. The largest absolute Gasteiger partial charge is 0.354 e. The van der Waals surface area contributed by atoms with Crippen molar-refractivity contribution >= 4 is 17.4 Å². The quantitative estimate of drug-likeness (QED) is 0.916. The fourth-order valence-electron chi connectivity index (χ4n) is 3.37. The van der Waals surface area contributed by atoms with Crippen LogP contribution in [0.1, 0.15) is 34.4 Å². The van der Waals surface area contributed by atoms with E-state index in [1.807, 2.05) is 32.9 Å². The van der Waals surface area contributed by atoms with Gasteiger partial charge < -0.3 is 15.1 Å². The van der Waals surface area contributed by atoms with E-state index in [1.54, 1.807) is 6.07 Å². The minimum absolute atomic E-state index is 0.200. The van der Waals surface area contributed by atoms with E-state index in [-0.39, 0.29) is 5.91 Å². The summed E-state index contributed by atoms with van der Waals surface area (Å²) in [7, 11) is 0. The molecule has 1 aliphatic rings. The van der Waals surface area contributed by atoms with Crippen LogP contribution in [-0.4, -0.2) is 53.5 Å². The van der Waals surface area contributed by atoms with E-state index < -0.39 is 0 Å². The highest BCUT2D eigenvalue weighted by atomic mass is 16.1. The van der Waals surface area contributed by atoms with Gasteiger partial charge in [-0.3, -0.25) is 4.79 Å². The highest BCUT2D eigenvalue weighted by Crippen LogP contribution is 2.18. The van der Waals surface area contributed by atoms with Crippen molar-refractivity contribution in [2.24, 2.45) is 0 Å². The molecule has 26 heavy (non-hydrogen) atoms. The Morgan fingerprint density at radius 1 is 1.00 bits per heavy atom. The van der Waals surface area contributed by atoms with E-state index in [0.29, 0.717) is 11.5 Å². The van der Waals surface area contributed by atoms with Crippen LogP contribution < -0.4 is 10.2 Å². The van der Waals surface area contributed by atoms with Crippen LogP contribution in [0.2, 0.25) is 0 Å². The zero-order valence-corrected chi connectivity index (χ0v) is 16.0. The number of aryl methyl sites for hydroxylation is 3. The molecule has 3 rings (SSSR count). The maximum Gasteiger partial charge on any atom is 0.274 e. The third-order valence-corrected chi connectivity index (χ3v) is 4.68. The lowest BCUT2D eigenvalue weighted by Crippen LogP contribution is -2.46. The zero-order chi connectivity index (χ0) is 18.7. The number of amides is 1. The molecule has 1 saturated heterocycles. The molecule has 1 aromatic heterocycles. The first-order valence-electron chi connectivity index (χ1n) is 9.17. The van der Waals surface area contributed by atoms with Crippen LogP contribution >= 0.6 is 0 Å². The van der Waals surface area contributed by atoms with Gasteiger partial charge in [0.25, 0.3) is 5.91 Å². The number of carbonyl (C=O) groups excluding carboxylic acids is 1. The lowest BCUT2D eigenvalue weighted by Gasteiger charge is -2.34. The van der Waals surface area contributed by atoms with Crippen molar-refractivity contribution in [2.45, 2.75) is 27.7 Å². The van der Waals surface area contributed by atoms with Gasteiger partial charge in [0, 0.05) is 37.9 Å². The second-order valence-electron chi connectivity index (χ2n) is 6.91. The number of benzene rings is 1. The number of hydrogen-bond acceptors (Lipinski definition) is 5. The average molecular weight is 353 g/mol. The fourth-order valence-corrected chi connectivity index (χ4v) is 3.37. The van der Waals surface area contributed by atoms with Crippen molar-refractivity contribution in [1.29, 1.82) is 0 Å².